The van der Waals surface area contributed by atoms with Crippen LogP contribution in [0, 0.1) is 6.92 Å². The Labute approximate surface area is 132 Å². The highest BCUT2D eigenvalue weighted by Crippen LogP contribution is 2.31. The summed E-state index contributed by atoms with van der Waals surface area (Å²) in [6.45, 7) is 2.01. The average molecular weight is 322 g/mol. The number of methoxy groups -OCH3 is 1. The van der Waals surface area contributed by atoms with Crippen molar-refractivity contribution in [3.05, 3.63) is 29.1 Å². The number of carbonyl (C=O) groups excluding carboxylic acids is 1. The predicted octanol–water partition coefficient (Wildman–Crippen LogP) is 3.82. The van der Waals surface area contributed by atoms with Gasteiger partial charge in [0.2, 0.25) is 5.91 Å². The molecule has 0 bridgehead atoms. The van der Waals surface area contributed by atoms with Crippen LogP contribution in [0.2, 0.25) is 0 Å². The zero-order valence-corrected chi connectivity index (χ0v) is 13.9. The van der Waals surface area contributed by atoms with Crippen LogP contribution in [0.25, 0.3) is 11.3 Å². The van der Waals surface area contributed by atoms with Crippen LogP contribution >= 0.6 is 23.1 Å². The van der Waals surface area contributed by atoms with E-state index in [1.54, 1.807) is 18.9 Å². The van der Waals surface area contributed by atoms with E-state index in [2.05, 4.69) is 10.3 Å². The lowest BCUT2D eigenvalue weighted by molar-refractivity contribution is -0.115. The number of amides is 1. The summed E-state index contributed by atoms with van der Waals surface area (Å²) in [5.41, 5.74) is 1.93. The van der Waals surface area contributed by atoms with E-state index in [1.165, 1.54) is 11.3 Å². The van der Waals surface area contributed by atoms with Gasteiger partial charge in [-0.1, -0.05) is 0 Å². The first-order chi connectivity index (χ1) is 10.1. The molecule has 2 rings (SSSR count). The summed E-state index contributed by atoms with van der Waals surface area (Å²) in [6, 6.07) is 7.76. The second-order valence-electron chi connectivity index (χ2n) is 4.44. The molecule has 1 heterocycles. The monoisotopic (exact) mass is 322 g/mol. The number of aromatic nitrogens is 1. The van der Waals surface area contributed by atoms with Gasteiger partial charge in [-0.2, -0.15) is 11.8 Å². The number of nitrogens with zero attached hydrogens (tertiary/aromatic N) is 1. The number of ether oxygens (including phenoxy) is 1. The fraction of sp³-hybridized carbons (Fsp3) is 0.333. The molecule has 21 heavy (non-hydrogen) atoms. The van der Waals surface area contributed by atoms with Crippen molar-refractivity contribution >= 4 is 34.1 Å². The number of benzene rings is 1. The smallest absolute Gasteiger partial charge is 0.226 e. The van der Waals surface area contributed by atoms with Gasteiger partial charge in [0.1, 0.15) is 5.75 Å². The van der Waals surface area contributed by atoms with Gasteiger partial charge in [-0.15, -0.1) is 11.3 Å². The van der Waals surface area contributed by atoms with Gasteiger partial charge < -0.3 is 10.1 Å². The number of rotatable bonds is 6. The molecule has 4 nitrogen and oxygen atoms in total. The number of anilines is 1. The minimum atomic E-state index is 0.0133. The van der Waals surface area contributed by atoms with Gasteiger partial charge in [0, 0.05) is 22.6 Å². The van der Waals surface area contributed by atoms with Gasteiger partial charge in [-0.25, -0.2) is 4.98 Å². The minimum absolute atomic E-state index is 0.0133. The molecule has 1 aromatic carbocycles. The third-order valence-corrected chi connectivity index (χ3v) is 4.44. The standard InChI is InChI=1S/C15H18N2O2S2/c1-10-14(11-4-6-12(19-2)7-5-11)17-15(21-10)16-13(18)8-9-20-3/h4-7H,8-9H2,1-3H3,(H,16,17,18). The summed E-state index contributed by atoms with van der Waals surface area (Å²) in [4.78, 5) is 17.3. The molecule has 1 amide bonds. The SMILES string of the molecule is COc1ccc(-c2nc(NC(=O)CCSC)sc2C)cc1. The highest BCUT2D eigenvalue weighted by molar-refractivity contribution is 7.98. The van der Waals surface area contributed by atoms with Crippen LogP contribution in [-0.4, -0.2) is 30.0 Å². The van der Waals surface area contributed by atoms with Crippen LogP contribution in [-0.2, 0) is 4.79 Å². The Morgan fingerprint density at radius 3 is 2.71 bits per heavy atom. The molecule has 0 unspecified atom stereocenters. The Balaban J connectivity index is 2.12. The third kappa shape index (κ3) is 4.22. The van der Waals surface area contributed by atoms with Crippen LogP contribution in [0.3, 0.4) is 0 Å². The lowest BCUT2D eigenvalue weighted by Crippen LogP contribution is -2.11. The molecule has 0 aliphatic heterocycles. The zero-order valence-electron chi connectivity index (χ0n) is 12.3. The molecule has 0 radical (unpaired) electrons. The lowest BCUT2D eigenvalue weighted by atomic mass is 10.1. The number of hydrogen-bond acceptors (Lipinski definition) is 5. The van der Waals surface area contributed by atoms with Crippen molar-refractivity contribution in [3.8, 4) is 17.0 Å². The van der Waals surface area contributed by atoms with Crippen LogP contribution in [0.4, 0.5) is 5.13 Å². The second-order valence-corrected chi connectivity index (χ2v) is 6.63. The molecular weight excluding hydrogens is 304 g/mol. The summed E-state index contributed by atoms with van der Waals surface area (Å²) >= 11 is 3.16. The molecule has 112 valence electrons. The first-order valence-electron chi connectivity index (χ1n) is 6.54. The number of aryl methyl sites for hydroxylation is 1. The van der Waals surface area contributed by atoms with Gasteiger partial charge in [-0.3, -0.25) is 4.79 Å². The van der Waals surface area contributed by atoms with E-state index < -0.39 is 0 Å². The molecule has 1 N–H and O–H groups in total. The largest absolute Gasteiger partial charge is 0.497 e. The van der Waals surface area contributed by atoms with E-state index in [1.807, 2.05) is 37.4 Å². The summed E-state index contributed by atoms with van der Waals surface area (Å²) < 4.78 is 5.15. The van der Waals surface area contributed by atoms with E-state index >= 15 is 0 Å². The van der Waals surface area contributed by atoms with Gasteiger partial charge in [0.25, 0.3) is 0 Å². The van der Waals surface area contributed by atoms with Crippen LogP contribution < -0.4 is 10.1 Å². The van der Waals surface area contributed by atoms with Gasteiger partial charge in [0.15, 0.2) is 5.13 Å². The van der Waals surface area contributed by atoms with E-state index in [9.17, 15) is 4.79 Å². The molecule has 6 heteroatoms. The molecular formula is C15H18N2O2S2. The summed E-state index contributed by atoms with van der Waals surface area (Å²) in [7, 11) is 1.64. The summed E-state index contributed by atoms with van der Waals surface area (Å²) in [5, 5.41) is 3.52. The minimum Gasteiger partial charge on any atom is -0.497 e. The molecule has 1 aromatic heterocycles. The van der Waals surface area contributed by atoms with Crippen molar-refractivity contribution in [2.75, 3.05) is 24.4 Å². The fourth-order valence-electron chi connectivity index (χ4n) is 1.84. The first-order valence-corrected chi connectivity index (χ1v) is 8.75. The second kappa shape index (κ2) is 7.47. The maximum absolute atomic E-state index is 11.7. The Morgan fingerprint density at radius 2 is 2.10 bits per heavy atom. The number of carbonyl (C=O) groups is 1. The molecule has 0 aliphatic carbocycles. The Kier molecular flexibility index (Phi) is 5.64. The number of thiazole rings is 1. The summed E-state index contributed by atoms with van der Waals surface area (Å²) in [6.07, 6.45) is 2.50. The summed E-state index contributed by atoms with van der Waals surface area (Å²) in [5.74, 6) is 1.65. The van der Waals surface area contributed by atoms with E-state index in [-0.39, 0.29) is 5.91 Å². The third-order valence-electron chi connectivity index (χ3n) is 2.94. The quantitative estimate of drug-likeness (QED) is 0.878. The van der Waals surface area contributed by atoms with Gasteiger partial charge in [-0.05, 0) is 37.4 Å². The van der Waals surface area contributed by atoms with Crippen molar-refractivity contribution < 1.29 is 9.53 Å². The maximum Gasteiger partial charge on any atom is 0.226 e. The Hall–Kier alpha value is -1.53. The molecule has 0 saturated carbocycles. The number of thioether (sulfide) groups is 1. The Bertz CT molecular complexity index is 609. The maximum atomic E-state index is 11.7. The zero-order chi connectivity index (χ0) is 15.2. The van der Waals surface area contributed by atoms with Crippen LogP contribution in [0.5, 0.6) is 5.75 Å². The topological polar surface area (TPSA) is 51.2 Å². The van der Waals surface area contributed by atoms with E-state index in [4.69, 9.17) is 4.74 Å². The number of nitrogens with one attached hydrogen (secondary N) is 1. The van der Waals surface area contributed by atoms with E-state index in [0.717, 1.165) is 27.6 Å². The molecule has 0 saturated heterocycles. The van der Waals surface area contributed by atoms with Crippen molar-refractivity contribution in [2.45, 2.75) is 13.3 Å². The molecule has 0 atom stereocenters. The van der Waals surface area contributed by atoms with Crippen molar-refractivity contribution in [3.63, 3.8) is 0 Å². The predicted molar refractivity (Wildman–Crippen MR) is 90.5 cm³/mol. The van der Waals surface area contributed by atoms with E-state index in [0.29, 0.717) is 11.6 Å². The molecule has 0 fully saturated rings. The van der Waals surface area contributed by atoms with Crippen molar-refractivity contribution in [1.29, 1.82) is 0 Å². The highest BCUT2D eigenvalue weighted by Gasteiger charge is 2.12. The first kappa shape index (κ1) is 15.9. The highest BCUT2D eigenvalue weighted by atomic mass is 32.2. The van der Waals surface area contributed by atoms with Crippen LogP contribution in [0.15, 0.2) is 24.3 Å². The molecule has 0 aliphatic rings. The van der Waals surface area contributed by atoms with Crippen LogP contribution in [0.1, 0.15) is 11.3 Å². The number of hydrogen-bond donors (Lipinski definition) is 1. The fourth-order valence-corrected chi connectivity index (χ4v) is 3.08. The van der Waals surface area contributed by atoms with Gasteiger partial charge >= 0.3 is 0 Å². The normalized spacial score (nSPS) is 10.4. The lowest BCUT2D eigenvalue weighted by Gasteiger charge is -2.02. The molecule has 2 aromatic rings. The average Bonchev–Trinajstić information content (AvgIpc) is 2.85. The molecule has 0 spiro atoms. The Morgan fingerprint density at radius 1 is 1.38 bits per heavy atom. The van der Waals surface area contributed by atoms with Crippen molar-refractivity contribution in [2.24, 2.45) is 0 Å². The van der Waals surface area contributed by atoms with Crippen molar-refractivity contribution in [1.82, 2.24) is 4.98 Å². The van der Waals surface area contributed by atoms with Gasteiger partial charge in [0.05, 0.1) is 12.8 Å².